The first-order chi connectivity index (χ1) is 9.53. The second kappa shape index (κ2) is 7.00. The van der Waals surface area contributed by atoms with Crippen molar-refractivity contribution in [3.8, 4) is 0 Å². The molecule has 0 unspecified atom stereocenters. The van der Waals surface area contributed by atoms with Crippen molar-refractivity contribution in [3.63, 3.8) is 0 Å². The number of aryl methyl sites for hydroxylation is 1. The van der Waals surface area contributed by atoms with Crippen LogP contribution in [0.25, 0.3) is 0 Å². The molecule has 1 aliphatic rings. The molecule has 7 heteroatoms. The van der Waals surface area contributed by atoms with Crippen LogP contribution in [-0.4, -0.2) is 46.5 Å². The molecule has 2 rings (SSSR count). The van der Waals surface area contributed by atoms with Gasteiger partial charge in [0.2, 0.25) is 10.0 Å². The second-order valence-electron chi connectivity index (χ2n) is 5.11. The summed E-state index contributed by atoms with van der Waals surface area (Å²) in [5.74, 6) is 0. The van der Waals surface area contributed by atoms with Gasteiger partial charge in [0.25, 0.3) is 0 Å². The maximum absolute atomic E-state index is 12.3. The third-order valence-corrected chi connectivity index (χ3v) is 6.25. The fourth-order valence-corrected chi connectivity index (χ4v) is 5.14. The first kappa shape index (κ1) is 15.9. The van der Waals surface area contributed by atoms with Crippen LogP contribution in [0.15, 0.2) is 11.0 Å². The van der Waals surface area contributed by atoms with Crippen molar-refractivity contribution in [1.82, 2.24) is 14.9 Å². The zero-order valence-corrected chi connectivity index (χ0v) is 13.7. The smallest absolute Gasteiger partial charge is 0.241 e. The number of nitrogens with zero attached hydrogens (tertiary/aromatic N) is 1. The summed E-state index contributed by atoms with van der Waals surface area (Å²) in [5, 5.41) is 3.04. The fraction of sp³-hybridized carbons (Fsp3) is 0.692. The number of rotatable bonds is 7. The summed E-state index contributed by atoms with van der Waals surface area (Å²) >= 11 is 1.53. The summed E-state index contributed by atoms with van der Waals surface area (Å²) in [6, 6.07) is 1.77. The Kier molecular flexibility index (Phi) is 5.57. The molecule has 0 aliphatic carbocycles. The van der Waals surface area contributed by atoms with E-state index in [9.17, 15) is 8.42 Å². The molecule has 2 heterocycles. The molecule has 1 fully saturated rings. The Morgan fingerprint density at radius 3 is 2.70 bits per heavy atom. The molecular formula is C13H23N3O2S2. The van der Waals surface area contributed by atoms with E-state index in [4.69, 9.17) is 0 Å². The Morgan fingerprint density at radius 2 is 2.05 bits per heavy atom. The molecule has 2 N–H and O–H groups in total. The highest BCUT2D eigenvalue weighted by atomic mass is 32.2. The van der Waals surface area contributed by atoms with Crippen molar-refractivity contribution < 1.29 is 8.42 Å². The molecule has 0 spiro atoms. The Balaban J connectivity index is 1.94. The number of sulfonamides is 1. The molecule has 1 aliphatic heterocycles. The van der Waals surface area contributed by atoms with Crippen LogP contribution in [0.4, 0.5) is 0 Å². The third kappa shape index (κ3) is 4.02. The molecule has 1 aromatic rings. The lowest BCUT2D eigenvalue weighted by Crippen LogP contribution is -2.33. The van der Waals surface area contributed by atoms with Crippen LogP contribution >= 0.6 is 11.3 Å². The van der Waals surface area contributed by atoms with E-state index in [1.807, 2.05) is 14.0 Å². The standard InChI is InChI=1S/C13H23N3O2S2/c1-11-13(9-12(19-11)10-14-2)20(17,18)15-5-8-16-6-3-4-7-16/h9,14-15H,3-8,10H2,1-2H3. The lowest BCUT2D eigenvalue weighted by atomic mass is 10.4. The third-order valence-electron chi connectivity index (χ3n) is 3.48. The minimum atomic E-state index is -3.37. The second-order valence-corrected chi connectivity index (χ2v) is 8.19. The highest BCUT2D eigenvalue weighted by molar-refractivity contribution is 7.89. The van der Waals surface area contributed by atoms with E-state index in [-0.39, 0.29) is 0 Å². The summed E-state index contributed by atoms with van der Waals surface area (Å²) < 4.78 is 27.3. The van der Waals surface area contributed by atoms with Gasteiger partial charge in [-0.15, -0.1) is 11.3 Å². The minimum absolute atomic E-state index is 0.425. The summed E-state index contributed by atoms with van der Waals surface area (Å²) in [5.41, 5.74) is 0. The van der Waals surface area contributed by atoms with E-state index in [2.05, 4.69) is 14.9 Å². The topological polar surface area (TPSA) is 61.4 Å². The fourth-order valence-electron chi connectivity index (χ4n) is 2.47. The highest BCUT2D eigenvalue weighted by Crippen LogP contribution is 2.25. The van der Waals surface area contributed by atoms with Crippen molar-refractivity contribution in [2.24, 2.45) is 0 Å². The summed E-state index contributed by atoms with van der Waals surface area (Å²) in [7, 11) is -1.52. The molecule has 0 radical (unpaired) electrons. The van der Waals surface area contributed by atoms with Crippen LogP contribution in [-0.2, 0) is 16.6 Å². The summed E-state index contributed by atoms with van der Waals surface area (Å²) in [6.45, 7) is 6.02. The van der Waals surface area contributed by atoms with Gasteiger partial charge in [-0.25, -0.2) is 13.1 Å². The van der Waals surface area contributed by atoms with Gasteiger partial charge in [-0.1, -0.05) is 0 Å². The predicted molar refractivity (Wildman–Crippen MR) is 82.7 cm³/mol. The van der Waals surface area contributed by atoms with E-state index in [0.717, 1.165) is 29.4 Å². The molecule has 0 bridgehead atoms. The van der Waals surface area contributed by atoms with Crippen LogP contribution in [0, 0.1) is 6.92 Å². The molecule has 1 saturated heterocycles. The molecule has 0 saturated carbocycles. The lowest BCUT2D eigenvalue weighted by molar-refractivity contribution is 0.344. The van der Waals surface area contributed by atoms with Crippen LogP contribution < -0.4 is 10.0 Å². The van der Waals surface area contributed by atoms with Crippen LogP contribution in [0.1, 0.15) is 22.6 Å². The Morgan fingerprint density at radius 1 is 1.35 bits per heavy atom. The average molecular weight is 317 g/mol. The van der Waals surface area contributed by atoms with Crippen molar-refractivity contribution in [3.05, 3.63) is 15.8 Å². The lowest BCUT2D eigenvalue weighted by Gasteiger charge is -2.14. The zero-order valence-electron chi connectivity index (χ0n) is 12.1. The van der Waals surface area contributed by atoms with Crippen LogP contribution in [0.2, 0.25) is 0 Å². The Hall–Kier alpha value is -0.470. The van der Waals surface area contributed by atoms with Gasteiger partial charge in [0.05, 0.1) is 4.90 Å². The minimum Gasteiger partial charge on any atom is -0.315 e. The summed E-state index contributed by atoms with van der Waals surface area (Å²) in [4.78, 5) is 4.62. The van der Waals surface area contributed by atoms with Gasteiger partial charge in [-0.05, 0) is 46.0 Å². The molecule has 0 amide bonds. The Bertz CT molecular complexity index is 534. The number of hydrogen-bond acceptors (Lipinski definition) is 5. The van der Waals surface area contributed by atoms with Gasteiger partial charge >= 0.3 is 0 Å². The molecule has 20 heavy (non-hydrogen) atoms. The summed E-state index contributed by atoms with van der Waals surface area (Å²) in [6.07, 6.45) is 2.45. The zero-order chi connectivity index (χ0) is 14.6. The van der Waals surface area contributed by atoms with Gasteiger partial charge in [0.1, 0.15) is 0 Å². The van der Waals surface area contributed by atoms with Crippen LogP contribution in [0.5, 0.6) is 0 Å². The van der Waals surface area contributed by atoms with E-state index in [1.165, 1.54) is 24.2 Å². The average Bonchev–Trinajstić information content (AvgIpc) is 2.99. The van der Waals surface area contributed by atoms with Gasteiger partial charge < -0.3 is 10.2 Å². The molecule has 0 atom stereocenters. The van der Waals surface area contributed by atoms with Crippen LogP contribution in [0.3, 0.4) is 0 Å². The van der Waals surface area contributed by atoms with E-state index in [1.54, 1.807) is 6.07 Å². The normalized spacial score (nSPS) is 16.9. The van der Waals surface area contributed by atoms with E-state index >= 15 is 0 Å². The predicted octanol–water partition coefficient (Wildman–Crippen LogP) is 1.15. The van der Waals surface area contributed by atoms with Crippen molar-refractivity contribution in [2.45, 2.75) is 31.2 Å². The number of hydrogen-bond donors (Lipinski definition) is 2. The van der Waals surface area contributed by atoms with Crippen molar-refractivity contribution >= 4 is 21.4 Å². The number of thiophene rings is 1. The molecule has 0 aromatic carbocycles. The Labute approximate surface area is 125 Å². The first-order valence-electron chi connectivity index (χ1n) is 6.99. The molecule has 1 aromatic heterocycles. The van der Waals surface area contributed by atoms with Crippen molar-refractivity contribution in [1.29, 1.82) is 0 Å². The van der Waals surface area contributed by atoms with E-state index < -0.39 is 10.0 Å². The van der Waals surface area contributed by atoms with Gasteiger partial charge in [0, 0.05) is 29.4 Å². The molecule has 114 valence electrons. The monoisotopic (exact) mass is 317 g/mol. The SMILES string of the molecule is CNCc1cc(S(=O)(=O)NCCN2CCCC2)c(C)s1. The quantitative estimate of drug-likeness (QED) is 0.792. The molecular weight excluding hydrogens is 294 g/mol. The maximum atomic E-state index is 12.3. The molecule has 5 nitrogen and oxygen atoms in total. The first-order valence-corrected chi connectivity index (χ1v) is 9.29. The van der Waals surface area contributed by atoms with E-state index in [0.29, 0.717) is 18.0 Å². The largest absolute Gasteiger partial charge is 0.315 e. The number of likely N-dealkylation sites (tertiary alicyclic amines) is 1. The van der Waals surface area contributed by atoms with Crippen molar-refractivity contribution in [2.75, 3.05) is 33.2 Å². The highest BCUT2D eigenvalue weighted by Gasteiger charge is 2.20. The van der Waals surface area contributed by atoms with Gasteiger partial charge in [-0.3, -0.25) is 0 Å². The van der Waals surface area contributed by atoms with Gasteiger partial charge in [-0.2, -0.15) is 0 Å². The number of nitrogens with one attached hydrogen (secondary N) is 2. The van der Waals surface area contributed by atoms with Gasteiger partial charge in [0.15, 0.2) is 0 Å². The maximum Gasteiger partial charge on any atom is 0.241 e.